The summed E-state index contributed by atoms with van der Waals surface area (Å²) in [4.78, 5) is 20.0. The summed E-state index contributed by atoms with van der Waals surface area (Å²) in [6.07, 6.45) is 1.02. The summed E-state index contributed by atoms with van der Waals surface area (Å²) in [5, 5.41) is 9.91. The van der Waals surface area contributed by atoms with E-state index >= 15 is 0 Å². The second-order valence-electron chi connectivity index (χ2n) is 10.0. The Bertz CT molecular complexity index is 1430. The molecule has 1 N–H and O–H groups in total. The van der Waals surface area contributed by atoms with Crippen LogP contribution in [0.3, 0.4) is 0 Å². The molecule has 0 saturated heterocycles. The molecule has 0 bridgehead atoms. The molecule has 2 heterocycles. The number of hydrogen-bond acceptors (Lipinski definition) is 7. The predicted octanol–water partition coefficient (Wildman–Crippen LogP) is 3.61. The van der Waals surface area contributed by atoms with Gasteiger partial charge in [0.2, 0.25) is 15.9 Å². The molecule has 1 amide bonds. The van der Waals surface area contributed by atoms with E-state index < -0.39 is 22.2 Å². The second-order valence-corrected chi connectivity index (χ2v) is 12.1. The molecule has 0 radical (unpaired) electrons. The smallest absolute Gasteiger partial charge is 0.259 e. The largest absolute Gasteiger partial charge is 0.497 e. The maximum absolute atomic E-state index is 13.7. The maximum atomic E-state index is 13.7. The summed E-state index contributed by atoms with van der Waals surface area (Å²) in [6, 6.07) is 15.4. The van der Waals surface area contributed by atoms with Crippen molar-refractivity contribution >= 4 is 15.9 Å². The van der Waals surface area contributed by atoms with Gasteiger partial charge in [-0.2, -0.15) is 4.31 Å². The Labute approximate surface area is 230 Å². The molecular weight excluding hydrogens is 518 g/mol. The average molecular weight is 554 g/mol. The minimum Gasteiger partial charge on any atom is -0.497 e. The number of rotatable bonds is 8. The van der Waals surface area contributed by atoms with Gasteiger partial charge in [-0.05, 0) is 49.7 Å². The number of hydrogen-bond donors (Lipinski definition) is 1. The van der Waals surface area contributed by atoms with Crippen LogP contribution in [0.5, 0.6) is 11.6 Å². The number of aliphatic hydroxyl groups is 1. The van der Waals surface area contributed by atoms with Crippen LogP contribution in [0, 0.1) is 12.8 Å². The van der Waals surface area contributed by atoms with Crippen LogP contribution < -0.4 is 9.47 Å². The zero-order valence-corrected chi connectivity index (χ0v) is 23.7. The number of pyridine rings is 1. The first kappa shape index (κ1) is 28.5. The molecular formula is C29H35N3O6S. The number of benzene rings is 2. The first-order valence-electron chi connectivity index (χ1n) is 12.8. The van der Waals surface area contributed by atoms with Crippen LogP contribution in [-0.4, -0.2) is 79.6 Å². The molecule has 3 atom stereocenters. The molecule has 0 fully saturated rings. The lowest BCUT2D eigenvalue weighted by molar-refractivity contribution is 0.0373. The van der Waals surface area contributed by atoms with Crippen LogP contribution in [-0.2, 0) is 10.0 Å². The molecule has 10 heteroatoms. The summed E-state index contributed by atoms with van der Waals surface area (Å²) < 4.78 is 39.5. The number of ether oxygens (including phenoxy) is 2. The van der Waals surface area contributed by atoms with Crippen molar-refractivity contribution in [2.75, 3.05) is 33.9 Å². The van der Waals surface area contributed by atoms with Crippen molar-refractivity contribution in [3.8, 4) is 22.8 Å². The lowest BCUT2D eigenvalue weighted by Gasteiger charge is -2.37. The van der Waals surface area contributed by atoms with Crippen LogP contribution in [0.15, 0.2) is 65.7 Å². The van der Waals surface area contributed by atoms with Gasteiger partial charge in [-0.25, -0.2) is 13.4 Å². The van der Waals surface area contributed by atoms with Gasteiger partial charge in [-0.1, -0.05) is 36.8 Å². The molecule has 0 spiro atoms. The SMILES string of the molecule is COc1cccc(-c2cnc3c(c2)C(=O)N([C@H](C)CO)C[C@H](C)[C@H](CN(C)S(=O)(=O)c2ccc(C)cc2)O3)c1. The van der Waals surface area contributed by atoms with Crippen molar-refractivity contribution in [2.45, 2.75) is 37.8 Å². The maximum Gasteiger partial charge on any atom is 0.259 e. The molecule has 208 valence electrons. The van der Waals surface area contributed by atoms with Gasteiger partial charge in [-0.3, -0.25) is 4.79 Å². The summed E-state index contributed by atoms with van der Waals surface area (Å²) in [6.45, 7) is 5.67. The number of aromatic nitrogens is 1. The van der Waals surface area contributed by atoms with Gasteiger partial charge in [-0.15, -0.1) is 0 Å². The zero-order chi connectivity index (χ0) is 28.3. The fourth-order valence-corrected chi connectivity index (χ4v) is 5.71. The number of aryl methyl sites for hydroxylation is 1. The van der Waals surface area contributed by atoms with E-state index in [0.717, 1.165) is 11.1 Å². The van der Waals surface area contributed by atoms with Crippen molar-refractivity contribution in [1.82, 2.24) is 14.2 Å². The van der Waals surface area contributed by atoms with Crippen molar-refractivity contribution in [2.24, 2.45) is 5.92 Å². The van der Waals surface area contributed by atoms with E-state index in [-0.39, 0.29) is 47.9 Å². The lowest BCUT2D eigenvalue weighted by Crippen LogP contribution is -2.50. The third-order valence-corrected chi connectivity index (χ3v) is 8.93. The molecule has 2 aromatic carbocycles. The number of likely N-dealkylation sites (N-methyl/N-ethyl adjacent to an activating group) is 1. The molecule has 0 unspecified atom stereocenters. The number of carbonyl (C=O) groups excluding carboxylic acids is 1. The fourth-order valence-electron chi connectivity index (χ4n) is 4.52. The minimum absolute atomic E-state index is 0.0473. The molecule has 4 rings (SSSR count). The van der Waals surface area contributed by atoms with E-state index in [0.29, 0.717) is 11.3 Å². The number of nitrogens with zero attached hydrogens (tertiary/aromatic N) is 3. The van der Waals surface area contributed by atoms with Crippen LogP contribution >= 0.6 is 0 Å². The summed E-state index contributed by atoms with van der Waals surface area (Å²) in [7, 11) is -0.670. The third kappa shape index (κ3) is 6.08. The van der Waals surface area contributed by atoms with Gasteiger partial charge in [0.25, 0.3) is 5.91 Å². The van der Waals surface area contributed by atoms with E-state index in [9.17, 15) is 18.3 Å². The molecule has 39 heavy (non-hydrogen) atoms. The van der Waals surface area contributed by atoms with Crippen LogP contribution in [0.4, 0.5) is 0 Å². The number of amides is 1. The second kappa shape index (κ2) is 11.7. The number of carbonyl (C=O) groups is 1. The van der Waals surface area contributed by atoms with Crippen LogP contribution in [0.25, 0.3) is 11.1 Å². The molecule has 3 aromatic rings. The highest BCUT2D eigenvalue weighted by Crippen LogP contribution is 2.32. The van der Waals surface area contributed by atoms with Gasteiger partial charge >= 0.3 is 0 Å². The van der Waals surface area contributed by atoms with E-state index in [1.807, 2.05) is 38.1 Å². The third-order valence-electron chi connectivity index (χ3n) is 7.09. The predicted molar refractivity (Wildman–Crippen MR) is 148 cm³/mol. The van der Waals surface area contributed by atoms with Crippen molar-refractivity contribution in [1.29, 1.82) is 0 Å². The first-order chi connectivity index (χ1) is 18.5. The number of methoxy groups -OCH3 is 1. The first-order valence-corrected chi connectivity index (χ1v) is 14.2. The fraction of sp³-hybridized carbons (Fsp3) is 0.379. The number of sulfonamides is 1. The van der Waals surface area contributed by atoms with Gasteiger partial charge < -0.3 is 19.5 Å². The Kier molecular flexibility index (Phi) is 8.58. The highest BCUT2D eigenvalue weighted by molar-refractivity contribution is 7.89. The minimum atomic E-state index is -3.77. The Morgan fingerprint density at radius 2 is 1.90 bits per heavy atom. The Hall–Kier alpha value is -3.47. The molecule has 0 aliphatic carbocycles. The Balaban J connectivity index is 1.71. The number of aliphatic hydroxyl groups excluding tert-OH is 1. The van der Waals surface area contributed by atoms with Crippen molar-refractivity contribution in [3.63, 3.8) is 0 Å². The lowest BCUT2D eigenvalue weighted by atomic mass is 9.99. The quantitative estimate of drug-likeness (QED) is 0.454. The van der Waals surface area contributed by atoms with E-state index in [1.54, 1.807) is 55.5 Å². The molecule has 9 nitrogen and oxygen atoms in total. The number of fused-ring (bicyclic) bond motifs is 1. The van der Waals surface area contributed by atoms with E-state index in [4.69, 9.17) is 9.47 Å². The highest BCUT2D eigenvalue weighted by atomic mass is 32.2. The van der Waals surface area contributed by atoms with Gasteiger partial charge in [0.15, 0.2) is 0 Å². The van der Waals surface area contributed by atoms with Crippen LogP contribution in [0.2, 0.25) is 0 Å². The van der Waals surface area contributed by atoms with Gasteiger partial charge in [0, 0.05) is 31.3 Å². The van der Waals surface area contributed by atoms with Crippen molar-refractivity contribution < 1.29 is 27.8 Å². The molecule has 1 aliphatic rings. The standard InChI is InChI=1S/C29H35N3O6S/c1-19-9-11-25(12-10-19)39(35,36)31(4)17-27-20(2)16-32(21(3)18-33)29(34)26-14-23(15-30-28(26)38-27)22-7-6-8-24(13-22)37-5/h6-15,20-21,27,33H,16-18H2,1-5H3/t20-,21+,27-/m0/s1. The van der Waals surface area contributed by atoms with E-state index in [2.05, 4.69) is 4.98 Å². The summed E-state index contributed by atoms with van der Waals surface area (Å²) in [5.41, 5.74) is 2.73. The molecule has 1 aliphatic heterocycles. The van der Waals surface area contributed by atoms with Gasteiger partial charge in [0.1, 0.15) is 17.4 Å². The van der Waals surface area contributed by atoms with Gasteiger partial charge in [0.05, 0.1) is 31.2 Å². The topological polar surface area (TPSA) is 109 Å². The summed E-state index contributed by atoms with van der Waals surface area (Å²) in [5.74, 6) is 0.227. The summed E-state index contributed by atoms with van der Waals surface area (Å²) >= 11 is 0. The average Bonchev–Trinajstić information content (AvgIpc) is 2.94. The monoisotopic (exact) mass is 553 g/mol. The molecule has 1 aromatic heterocycles. The Morgan fingerprint density at radius 1 is 1.18 bits per heavy atom. The Morgan fingerprint density at radius 3 is 2.56 bits per heavy atom. The molecule has 0 saturated carbocycles. The van der Waals surface area contributed by atoms with E-state index in [1.165, 1.54) is 11.4 Å². The van der Waals surface area contributed by atoms with Crippen LogP contribution in [0.1, 0.15) is 29.8 Å². The normalized spacial score (nSPS) is 18.6. The highest BCUT2D eigenvalue weighted by Gasteiger charge is 2.36. The zero-order valence-electron chi connectivity index (χ0n) is 22.9. The van der Waals surface area contributed by atoms with Crippen molar-refractivity contribution in [3.05, 3.63) is 71.9 Å².